The van der Waals surface area contributed by atoms with Gasteiger partial charge in [0.05, 0.1) is 26.7 Å². The molecule has 0 aliphatic rings. The van der Waals surface area contributed by atoms with Crippen LogP contribution in [0.4, 0.5) is 5.69 Å². The van der Waals surface area contributed by atoms with E-state index >= 15 is 0 Å². The van der Waals surface area contributed by atoms with Crippen molar-refractivity contribution in [2.75, 3.05) is 4.72 Å². The van der Waals surface area contributed by atoms with E-state index in [1.54, 1.807) is 0 Å². The van der Waals surface area contributed by atoms with E-state index in [0.717, 1.165) is 18.2 Å². The second kappa shape index (κ2) is 6.68. The van der Waals surface area contributed by atoms with E-state index in [9.17, 15) is 18.0 Å². The van der Waals surface area contributed by atoms with Crippen molar-refractivity contribution in [2.45, 2.75) is 4.90 Å². The number of nitrogens with one attached hydrogen (secondary N) is 1. The molecule has 0 fully saturated rings. The number of aromatic carboxylic acids is 2. The summed E-state index contributed by atoms with van der Waals surface area (Å²) in [4.78, 5) is 21.7. The van der Waals surface area contributed by atoms with E-state index in [4.69, 9.17) is 33.4 Å². The van der Waals surface area contributed by atoms with Crippen LogP contribution >= 0.6 is 23.2 Å². The van der Waals surface area contributed by atoms with Gasteiger partial charge in [-0.25, -0.2) is 18.0 Å². The Morgan fingerprint density at radius 2 is 1.54 bits per heavy atom. The van der Waals surface area contributed by atoms with Crippen molar-refractivity contribution in [3.63, 3.8) is 0 Å². The Morgan fingerprint density at radius 1 is 0.917 bits per heavy atom. The highest BCUT2D eigenvalue weighted by atomic mass is 35.5. The molecule has 10 heteroatoms. The third-order valence-corrected chi connectivity index (χ3v) is 4.85. The van der Waals surface area contributed by atoms with Crippen molar-refractivity contribution in [1.29, 1.82) is 0 Å². The SMILES string of the molecule is O=C(O)c1ccc(S(=O)(=O)Nc2ccc(Cl)cc2Cl)cc1C(=O)O. The first kappa shape index (κ1) is 18.1. The van der Waals surface area contributed by atoms with Crippen LogP contribution in [0.15, 0.2) is 41.3 Å². The molecule has 0 radical (unpaired) electrons. The minimum absolute atomic E-state index is 0.0419. The normalized spacial score (nSPS) is 11.1. The van der Waals surface area contributed by atoms with Crippen molar-refractivity contribution in [3.8, 4) is 0 Å². The van der Waals surface area contributed by atoms with Crippen LogP contribution in [-0.4, -0.2) is 30.6 Å². The summed E-state index contributed by atoms with van der Waals surface area (Å²) < 4.78 is 26.9. The number of benzene rings is 2. The lowest BCUT2D eigenvalue weighted by atomic mass is 10.1. The molecule has 0 saturated heterocycles. The number of hydrogen-bond donors (Lipinski definition) is 3. The smallest absolute Gasteiger partial charge is 0.336 e. The summed E-state index contributed by atoms with van der Waals surface area (Å²) in [7, 11) is -4.18. The van der Waals surface area contributed by atoms with Crippen LogP contribution in [0, 0.1) is 0 Å². The molecule has 0 atom stereocenters. The maximum absolute atomic E-state index is 12.4. The standard InChI is InChI=1S/C14H9Cl2NO6S/c15-7-1-4-12(11(16)5-7)17-24(22,23)8-2-3-9(13(18)19)10(6-8)14(20)21/h1-6,17H,(H,18,19)(H,20,21). The highest BCUT2D eigenvalue weighted by Crippen LogP contribution is 2.28. The molecule has 0 aliphatic heterocycles. The van der Waals surface area contributed by atoms with Crippen molar-refractivity contribution < 1.29 is 28.2 Å². The van der Waals surface area contributed by atoms with E-state index < -0.39 is 38.0 Å². The average molecular weight is 390 g/mol. The van der Waals surface area contributed by atoms with Crippen molar-refractivity contribution in [1.82, 2.24) is 0 Å². The fraction of sp³-hybridized carbons (Fsp3) is 0. The minimum atomic E-state index is -4.18. The summed E-state index contributed by atoms with van der Waals surface area (Å²) in [6, 6.07) is 6.74. The number of carboxylic acids is 2. The van der Waals surface area contributed by atoms with E-state index in [-0.39, 0.29) is 10.7 Å². The second-order valence-corrected chi connectivity index (χ2v) is 7.07. The molecule has 2 aromatic carbocycles. The number of halogens is 2. The largest absolute Gasteiger partial charge is 0.478 e. The third kappa shape index (κ3) is 3.78. The summed E-state index contributed by atoms with van der Waals surface area (Å²) in [5.41, 5.74) is -1.13. The van der Waals surface area contributed by atoms with Crippen LogP contribution in [0.2, 0.25) is 10.0 Å². The lowest BCUT2D eigenvalue weighted by Gasteiger charge is -2.11. The summed E-state index contributed by atoms with van der Waals surface area (Å²) in [5.74, 6) is -3.04. The fourth-order valence-electron chi connectivity index (χ4n) is 1.83. The molecule has 2 aromatic rings. The van der Waals surface area contributed by atoms with Gasteiger partial charge in [0, 0.05) is 5.02 Å². The molecule has 126 valence electrons. The molecule has 0 spiro atoms. The molecule has 0 saturated carbocycles. The highest BCUT2D eigenvalue weighted by molar-refractivity contribution is 7.92. The minimum Gasteiger partial charge on any atom is -0.478 e. The molecule has 0 bridgehead atoms. The molecule has 0 amide bonds. The first-order valence-electron chi connectivity index (χ1n) is 6.20. The number of carboxylic acid groups (broad SMARTS) is 2. The summed E-state index contributed by atoms with van der Waals surface area (Å²) >= 11 is 11.6. The Hall–Kier alpha value is -2.29. The van der Waals surface area contributed by atoms with Gasteiger partial charge in [0.1, 0.15) is 0 Å². The Bertz CT molecular complexity index is 942. The molecule has 0 aliphatic carbocycles. The predicted octanol–water partition coefficient (Wildman–Crippen LogP) is 3.19. The van der Waals surface area contributed by atoms with Crippen LogP contribution in [0.1, 0.15) is 20.7 Å². The number of carbonyl (C=O) groups is 2. The highest BCUT2D eigenvalue weighted by Gasteiger charge is 2.22. The number of hydrogen-bond acceptors (Lipinski definition) is 4. The summed E-state index contributed by atoms with van der Waals surface area (Å²) in [6.45, 7) is 0. The Balaban J connectivity index is 2.48. The Kier molecular flexibility index (Phi) is 5.02. The quantitative estimate of drug-likeness (QED) is 0.721. The maximum atomic E-state index is 12.4. The van der Waals surface area contributed by atoms with Gasteiger partial charge in [0.2, 0.25) is 0 Å². The number of sulfonamides is 1. The average Bonchev–Trinajstić information content (AvgIpc) is 2.49. The van der Waals surface area contributed by atoms with Crippen LogP contribution < -0.4 is 4.72 Å². The molecule has 3 N–H and O–H groups in total. The van der Waals surface area contributed by atoms with Gasteiger partial charge in [-0.1, -0.05) is 23.2 Å². The molecule has 0 unspecified atom stereocenters. The number of rotatable bonds is 5. The summed E-state index contributed by atoms with van der Waals surface area (Å²) in [6.07, 6.45) is 0. The van der Waals surface area contributed by atoms with E-state index in [1.807, 2.05) is 0 Å². The third-order valence-electron chi connectivity index (χ3n) is 2.94. The second-order valence-electron chi connectivity index (χ2n) is 4.55. The van der Waals surface area contributed by atoms with E-state index in [0.29, 0.717) is 5.02 Å². The van der Waals surface area contributed by atoms with Gasteiger partial charge in [0.25, 0.3) is 10.0 Å². The molecular weight excluding hydrogens is 381 g/mol. The van der Waals surface area contributed by atoms with Gasteiger partial charge in [-0.2, -0.15) is 0 Å². The van der Waals surface area contributed by atoms with E-state index in [1.165, 1.54) is 18.2 Å². The molecule has 24 heavy (non-hydrogen) atoms. The zero-order valence-electron chi connectivity index (χ0n) is 11.7. The first-order chi connectivity index (χ1) is 11.1. The summed E-state index contributed by atoms with van der Waals surface area (Å²) in [5, 5.41) is 18.4. The van der Waals surface area contributed by atoms with E-state index in [2.05, 4.69) is 4.72 Å². The lowest BCUT2D eigenvalue weighted by Crippen LogP contribution is -2.16. The molecule has 0 heterocycles. The van der Waals surface area contributed by atoms with Crippen molar-refractivity contribution in [3.05, 3.63) is 57.6 Å². The zero-order chi connectivity index (χ0) is 18.1. The van der Waals surface area contributed by atoms with Gasteiger partial charge >= 0.3 is 11.9 Å². The molecule has 0 aromatic heterocycles. The van der Waals surface area contributed by atoms with Crippen LogP contribution in [-0.2, 0) is 10.0 Å². The monoisotopic (exact) mass is 389 g/mol. The number of anilines is 1. The van der Waals surface area contributed by atoms with Gasteiger partial charge in [-0.05, 0) is 36.4 Å². The predicted molar refractivity (Wildman–Crippen MR) is 87.6 cm³/mol. The first-order valence-corrected chi connectivity index (χ1v) is 8.44. The Labute approximate surface area is 146 Å². The lowest BCUT2D eigenvalue weighted by molar-refractivity contribution is 0.0651. The van der Waals surface area contributed by atoms with Crippen LogP contribution in [0.25, 0.3) is 0 Å². The van der Waals surface area contributed by atoms with Gasteiger partial charge in [0.15, 0.2) is 0 Å². The van der Waals surface area contributed by atoms with Crippen molar-refractivity contribution in [2.24, 2.45) is 0 Å². The fourth-order valence-corrected chi connectivity index (χ4v) is 3.45. The van der Waals surface area contributed by atoms with Gasteiger partial charge < -0.3 is 10.2 Å². The van der Waals surface area contributed by atoms with Crippen LogP contribution in [0.5, 0.6) is 0 Å². The van der Waals surface area contributed by atoms with Gasteiger partial charge in [-0.15, -0.1) is 0 Å². The van der Waals surface area contributed by atoms with Crippen molar-refractivity contribution >= 4 is 50.9 Å². The zero-order valence-corrected chi connectivity index (χ0v) is 14.0. The van der Waals surface area contributed by atoms with Gasteiger partial charge in [-0.3, -0.25) is 4.72 Å². The van der Waals surface area contributed by atoms with Crippen LogP contribution in [0.3, 0.4) is 0 Å². The topological polar surface area (TPSA) is 121 Å². The molecule has 7 nitrogen and oxygen atoms in total. The Morgan fingerprint density at radius 3 is 2.08 bits per heavy atom. The molecule has 2 rings (SSSR count). The maximum Gasteiger partial charge on any atom is 0.336 e. The molecular formula is C14H9Cl2NO6S.